The van der Waals surface area contributed by atoms with Crippen LogP contribution in [-0.2, 0) is 0 Å². The van der Waals surface area contributed by atoms with Crippen LogP contribution in [0.1, 0.15) is 64.7 Å². The van der Waals surface area contributed by atoms with E-state index in [0.717, 1.165) is 29.6 Å². The van der Waals surface area contributed by atoms with Gasteiger partial charge in [-0.2, -0.15) is 0 Å². The van der Waals surface area contributed by atoms with Gasteiger partial charge in [-0.05, 0) is 67.1 Å². The van der Waals surface area contributed by atoms with Crippen molar-refractivity contribution in [3.8, 4) is 0 Å². The van der Waals surface area contributed by atoms with Gasteiger partial charge in [-0.15, -0.1) is 0 Å². The predicted molar refractivity (Wildman–Crippen MR) is 76.3 cm³/mol. The van der Waals surface area contributed by atoms with Gasteiger partial charge in [-0.25, -0.2) is 0 Å². The van der Waals surface area contributed by atoms with Crippen LogP contribution in [0.4, 0.5) is 0 Å². The summed E-state index contributed by atoms with van der Waals surface area (Å²) in [5, 5.41) is 0. The summed E-state index contributed by atoms with van der Waals surface area (Å²) in [4.78, 5) is 0. The van der Waals surface area contributed by atoms with Crippen LogP contribution >= 0.6 is 0 Å². The largest absolute Gasteiger partial charge is 0.0845 e. The monoisotopic (exact) mass is 244 g/mol. The van der Waals surface area contributed by atoms with Crippen LogP contribution in [-0.4, -0.2) is 0 Å². The molecule has 0 radical (unpaired) electrons. The molecular weight excluding hydrogens is 216 g/mol. The number of fused-ring (bicyclic) bond motifs is 9. The maximum absolute atomic E-state index is 2.69. The first kappa shape index (κ1) is 11.6. The van der Waals surface area contributed by atoms with Crippen LogP contribution in [0.2, 0.25) is 0 Å². The zero-order valence-electron chi connectivity index (χ0n) is 11.9. The van der Waals surface area contributed by atoms with Gasteiger partial charge in [0.25, 0.3) is 0 Å². The second kappa shape index (κ2) is 4.12. The highest BCUT2D eigenvalue weighted by molar-refractivity contribution is 5.26. The molecule has 4 rings (SSSR count). The van der Waals surface area contributed by atoms with E-state index in [1.54, 1.807) is 25.7 Å². The molecule has 4 aliphatic carbocycles. The van der Waals surface area contributed by atoms with Gasteiger partial charge in [0.15, 0.2) is 0 Å². The SMILES string of the molecule is CCCCCCC12C=CC(C1)C1C3CCC(C3)C12. The highest BCUT2D eigenvalue weighted by atomic mass is 14.7. The second-order valence-corrected chi connectivity index (χ2v) is 7.71. The summed E-state index contributed by atoms with van der Waals surface area (Å²) in [6.07, 6.45) is 18.9. The van der Waals surface area contributed by atoms with Crippen LogP contribution in [0, 0.1) is 35.0 Å². The van der Waals surface area contributed by atoms with Crippen molar-refractivity contribution in [3.05, 3.63) is 12.2 Å². The number of hydrogen-bond acceptors (Lipinski definition) is 0. The van der Waals surface area contributed by atoms with E-state index in [2.05, 4.69) is 19.1 Å². The Hall–Kier alpha value is -0.260. The molecule has 4 bridgehead atoms. The number of rotatable bonds is 5. The van der Waals surface area contributed by atoms with Crippen molar-refractivity contribution < 1.29 is 0 Å². The molecule has 18 heavy (non-hydrogen) atoms. The van der Waals surface area contributed by atoms with E-state index in [9.17, 15) is 0 Å². The molecule has 0 aromatic heterocycles. The highest BCUT2D eigenvalue weighted by Gasteiger charge is 2.63. The first-order valence-corrected chi connectivity index (χ1v) is 8.53. The topological polar surface area (TPSA) is 0 Å². The molecule has 0 nitrogen and oxygen atoms in total. The first-order valence-electron chi connectivity index (χ1n) is 8.53. The van der Waals surface area contributed by atoms with E-state index in [4.69, 9.17) is 0 Å². The Morgan fingerprint density at radius 2 is 2.00 bits per heavy atom. The molecule has 4 aliphatic rings. The minimum atomic E-state index is 0.683. The molecule has 100 valence electrons. The summed E-state index contributed by atoms with van der Waals surface area (Å²) in [7, 11) is 0. The average Bonchev–Trinajstić information content (AvgIpc) is 3.11. The Bertz CT molecular complexity index is 355. The third kappa shape index (κ3) is 1.44. The van der Waals surface area contributed by atoms with Crippen LogP contribution in [0.15, 0.2) is 12.2 Å². The maximum atomic E-state index is 2.69. The fourth-order valence-electron chi connectivity index (χ4n) is 6.44. The Kier molecular flexibility index (Phi) is 2.64. The zero-order chi connectivity index (χ0) is 12.2. The van der Waals surface area contributed by atoms with Gasteiger partial charge in [0, 0.05) is 0 Å². The van der Waals surface area contributed by atoms with Gasteiger partial charge in [0.1, 0.15) is 0 Å². The van der Waals surface area contributed by atoms with E-state index in [1.165, 1.54) is 32.1 Å². The lowest BCUT2D eigenvalue weighted by atomic mass is 9.65. The third-order valence-corrected chi connectivity index (χ3v) is 6.93. The molecule has 6 atom stereocenters. The van der Waals surface area contributed by atoms with Crippen molar-refractivity contribution >= 4 is 0 Å². The van der Waals surface area contributed by atoms with Gasteiger partial charge in [-0.3, -0.25) is 0 Å². The van der Waals surface area contributed by atoms with Crippen molar-refractivity contribution in [1.82, 2.24) is 0 Å². The third-order valence-electron chi connectivity index (χ3n) is 6.93. The van der Waals surface area contributed by atoms with Crippen molar-refractivity contribution in [2.45, 2.75) is 64.7 Å². The lowest BCUT2D eigenvalue weighted by Crippen LogP contribution is -2.33. The molecule has 0 aromatic rings. The molecule has 0 saturated heterocycles. The van der Waals surface area contributed by atoms with Crippen molar-refractivity contribution in [2.75, 3.05) is 0 Å². The molecule has 0 amide bonds. The van der Waals surface area contributed by atoms with E-state index >= 15 is 0 Å². The summed E-state index contributed by atoms with van der Waals surface area (Å²) in [5.41, 5.74) is 0.683. The lowest BCUT2D eigenvalue weighted by Gasteiger charge is -2.39. The normalized spacial score (nSPS) is 51.3. The highest BCUT2D eigenvalue weighted by Crippen LogP contribution is 2.71. The van der Waals surface area contributed by atoms with Gasteiger partial charge in [-0.1, -0.05) is 44.8 Å². The number of hydrogen-bond donors (Lipinski definition) is 0. The van der Waals surface area contributed by atoms with Crippen molar-refractivity contribution in [3.63, 3.8) is 0 Å². The quantitative estimate of drug-likeness (QED) is 0.354. The molecular formula is C18H28. The van der Waals surface area contributed by atoms with Crippen molar-refractivity contribution in [1.29, 1.82) is 0 Å². The molecule has 3 saturated carbocycles. The number of allylic oxidation sites excluding steroid dienone is 2. The molecule has 0 N–H and O–H groups in total. The molecule has 6 unspecified atom stereocenters. The van der Waals surface area contributed by atoms with Gasteiger partial charge in [0.2, 0.25) is 0 Å². The fraction of sp³-hybridized carbons (Fsp3) is 0.889. The molecule has 3 fully saturated rings. The Morgan fingerprint density at radius 3 is 2.89 bits per heavy atom. The average molecular weight is 244 g/mol. The minimum absolute atomic E-state index is 0.683. The lowest BCUT2D eigenvalue weighted by molar-refractivity contribution is 0.134. The fourth-order valence-corrected chi connectivity index (χ4v) is 6.44. The number of unbranched alkanes of at least 4 members (excludes halogenated alkanes) is 3. The van der Waals surface area contributed by atoms with Crippen LogP contribution in [0.5, 0.6) is 0 Å². The molecule has 0 heteroatoms. The Morgan fingerprint density at radius 1 is 1.11 bits per heavy atom. The van der Waals surface area contributed by atoms with Gasteiger partial charge in [0.05, 0.1) is 0 Å². The minimum Gasteiger partial charge on any atom is -0.0845 e. The zero-order valence-corrected chi connectivity index (χ0v) is 11.9. The predicted octanol–water partition coefficient (Wildman–Crippen LogP) is 5.20. The molecule has 0 aromatic carbocycles. The van der Waals surface area contributed by atoms with Crippen LogP contribution in [0.3, 0.4) is 0 Å². The molecule has 0 aliphatic heterocycles. The standard InChI is InChI=1S/C18H28/c1-2-3-4-5-9-18-10-8-15(12-18)16-13-6-7-14(11-13)17(16)18/h8,10,13-17H,2-7,9,11-12H2,1H3. The smallest absolute Gasteiger partial charge is 0.00786 e. The van der Waals surface area contributed by atoms with E-state index in [1.807, 2.05) is 0 Å². The summed E-state index contributed by atoms with van der Waals surface area (Å²) >= 11 is 0. The Labute approximate surface area is 112 Å². The first-order chi connectivity index (χ1) is 8.84. The summed E-state index contributed by atoms with van der Waals surface area (Å²) < 4.78 is 0. The van der Waals surface area contributed by atoms with Gasteiger partial charge >= 0.3 is 0 Å². The summed E-state index contributed by atoms with van der Waals surface area (Å²) in [5.74, 6) is 5.50. The molecule has 0 spiro atoms. The van der Waals surface area contributed by atoms with E-state index in [-0.39, 0.29) is 0 Å². The summed E-state index contributed by atoms with van der Waals surface area (Å²) in [6, 6.07) is 0. The molecule has 0 heterocycles. The van der Waals surface area contributed by atoms with Crippen LogP contribution < -0.4 is 0 Å². The van der Waals surface area contributed by atoms with Gasteiger partial charge < -0.3 is 0 Å². The maximum Gasteiger partial charge on any atom is -0.00786 e. The van der Waals surface area contributed by atoms with E-state index < -0.39 is 0 Å². The second-order valence-electron chi connectivity index (χ2n) is 7.71. The summed E-state index contributed by atoms with van der Waals surface area (Å²) in [6.45, 7) is 2.32. The van der Waals surface area contributed by atoms with Crippen molar-refractivity contribution in [2.24, 2.45) is 35.0 Å². The Balaban J connectivity index is 1.49. The van der Waals surface area contributed by atoms with Crippen LogP contribution in [0.25, 0.3) is 0 Å². The van der Waals surface area contributed by atoms with E-state index in [0.29, 0.717) is 5.41 Å².